The molecule has 2 heterocycles. The Morgan fingerprint density at radius 2 is 1.94 bits per heavy atom. The van der Waals surface area contributed by atoms with Crippen LogP contribution in [0.1, 0.15) is 18.6 Å². The van der Waals surface area contributed by atoms with Crippen molar-refractivity contribution >= 4 is 11.6 Å². The summed E-state index contributed by atoms with van der Waals surface area (Å²) in [6.07, 6.45) is 3.32. The third kappa shape index (κ3) is 3.13. The van der Waals surface area contributed by atoms with E-state index in [4.69, 9.17) is 4.52 Å². The van der Waals surface area contributed by atoms with Gasteiger partial charge in [0.05, 0.1) is 18.9 Å². The van der Waals surface area contributed by atoms with Gasteiger partial charge >= 0.3 is 0 Å². The van der Waals surface area contributed by atoms with Gasteiger partial charge in [0.25, 0.3) is 0 Å². The monoisotopic (exact) mass is 234 g/mol. The number of aryl methyl sites for hydroxylation is 1. The van der Waals surface area contributed by atoms with Gasteiger partial charge in [-0.1, -0.05) is 5.16 Å². The first-order chi connectivity index (χ1) is 8.28. The molecule has 0 bridgehead atoms. The minimum absolute atomic E-state index is 0.436. The number of nitrogens with zero attached hydrogens (tertiary/aromatic N) is 4. The zero-order valence-corrected chi connectivity index (χ0v) is 9.77. The van der Waals surface area contributed by atoms with Gasteiger partial charge in [0.1, 0.15) is 11.6 Å². The molecule has 0 atom stereocenters. The third-order valence-corrected chi connectivity index (χ3v) is 1.98. The maximum atomic E-state index is 4.98. The van der Waals surface area contributed by atoms with E-state index in [9.17, 15) is 0 Å². The Bertz CT molecular complexity index is 483. The van der Waals surface area contributed by atoms with Crippen LogP contribution in [-0.2, 0) is 6.54 Å². The van der Waals surface area contributed by atoms with E-state index in [1.807, 2.05) is 6.92 Å². The molecule has 0 amide bonds. The van der Waals surface area contributed by atoms with Crippen molar-refractivity contribution < 1.29 is 4.52 Å². The molecule has 0 saturated heterocycles. The Hall–Kier alpha value is -2.18. The molecule has 0 aliphatic carbocycles. The van der Waals surface area contributed by atoms with Crippen molar-refractivity contribution in [1.29, 1.82) is 0 Å². The molecule has 2 rings (SSSR count). The highest BCUT2D eigenvalue weighted by atomic mass is 16.5. The van der Waals surface area contributed by atoms with Crippen molar-refractivity contribution in [2.75, 3.05) is 17.2 Å². The SMILES string of the molecule is CCNc1cncc(NCc2nc(C)no2)n1. The molecule has 0 aliphatic heterocycles. The maximum Gasteiger partial charge on any atom is 0.245 e. The molecular formula is C10H14N6O. The minimum atomic E-state index is 0.436. The molecule has 2 N–H and O–H groups in total. The predicted molar refractivity (Wildman–Crippen MR) is 62.6 cm³/mol. The first-order valence-electron chi connectivity index (χ1n) is 5.37. The van der Waals surface area contributed by atoms with Gasteiger partial charge in [0, 0.05) is 6.54 Å². The summed E-state index contributed by atoms with van der Waals surface area (Å²) in [4.78, 5) is 12.5. The Labute approximate surface area is 98.7 Å². The summed E-state index contributed by atoms with van der Waals surface area (Å²) in [6, 6.07) is 0. The Morgan fingerprint density at radius 1 is 1.18 bits per heavy atom. The lowest BCUT2D eigenvalue weighted by Crippen LogP contribution is -2.05. The standard InChI is InChI=1S/C10H14N6O/c1-3-12-8-4-11-5-9(15-8)13-6-10-14-7(2)16-17-10/h4-5H,3,6H2,1-2H3,(H2,12,13,15). The van der Waals surface area contributed by atoms with Crippen molar-refractivity contribution in [3.63, 3.8) is 0 Å². The van der Waals surface area contributed by atoms with Crippen LogP contribution in [0.15, 0.2) is 16.9 Å². The third-order valence-electron chi connectivity index (χ3n) is 1.98. The van der Waals surface area contributed by atoms with Crippen molar-refractivity contribution in [2.45, 2.75) is 20.4 Å². The zero-order valence-electron chi connectivity index (χ0n) is 9.77. The minimum Gasteiger partial charge on any atom is -0.369 e. The molecular weight excluding hydrogens is 220 g/mol. The summed E-state index contributed by atoms with van der Waals surface area (Å²) in [5.41, 5.74) is 0. The normalized spacial score (nSPS) is 10.2. The van der Waals surface area contributed by atoms with E-state index in [0.29, 0.717) is 24.1 Å². The van der Waals surface area contributed by atoms with Crippen LogP contribution in [0.5, 0.6) is 0 Å². The van der Waals surface area contributed by atoms with E-state index >= 15 is 0 Å². The van der Waals surface area contributed by atoms with Gasteiger partial charge in [-0.25, -0.2) is 4.98 Å². The van der Waals surface area contributed by atoms with Crippen molar-refractivity contribution in [3.8, 4) is 0 Å². The fourth-order valence-corrected chi connectivity index (χ4v) is 1.30. The second kappa shape index (κ2) is 5.24. The van der Waals surface area contributed by atoms with Crippen LogP contribution in [-0.4, -0.2) is 26.7 Å². The largest absolute Gasteiger partial charge is 0.369 e. The van der Waals surface area contributed by atoms with E-state index in [2.05, 4.69) is 30.7 Å². The quantitative estimate of drug-likeness (QED) is 0.803. The molecule has 2 aromatic rings. The molecule has 7 heteroatoms. The Morgan fingerprint density at radius 3 is 2.59 bits per heavy atom. The number of aromatic nitrogens is 4. The maximum absolute atomic E-state index is 4.98. The molecule has 0 radical (unpaired) electrons. The summed E-state index contributed by atoms with van der Waals surface area (Å²) >= 11 is 0. The van der Waals surface area contributed by atoms with Gasteiger partial charge in [-0.2, -0.15) is 4.98 Å². The summed E-state index contributed by atoms with van der Waals surface area (Å²) in [7, 11) is 0. The average molecular weight is 234 g/mol. The highest BCUT2D eigenvalue weighted by Crippen LogP contribution is 2.07. The van der Waals surface area contributed by atoms with E-state index in [-0.39, 0.29) is 0 Å². The highest BCUT2D eigenvalue weighted by Gasteiger charge is 2.03. The predicted octanol–water partition coefficient (Wildman–Crippen LogP) is 1.21. The summed E-state index contributed by atoms with van der Waals surface area (Å²) in [5, 5.41) is 9.85. The van der Waals surface area contributed by atoms with Crippen LogP contribution in [0.4, 0.5) is 11.6 Å². The Balaban J connectivity index is 1.96. The van der Waals surface area contributed by atoms with Crippen LogP contribution in [0.25, 0.3) is 0 Å². The fourth-order valence-electron chi connectivity index (χ4n) is 1.30. The number of hydrogen-bond donors (Lipinski definition) is 2. The first-order valence-corrected chi connectivity index (χ1v) is 5.37. The number of anilines is 2. The average Bonchev–Trinajstić information content (AvgIpc) is 2.74. The topological polar surface area (TPSA) is 88.8 Å². The first kappa shape index (κ1) is 11.3. The van der Waals surface area contributed by atoms with Gasteiger partial charge in [-0.3, -0.25) is 4.98 Å². The molecule has 0 saturated carbocycles. The number of nitrogens with one attached hydrogen (secondary N) is 2. The second-order valence-electron chi connectivity index (χ2n) is 3.41. The molecule has 90 valence electrons. The Kier molecular flexibility index (Phi) is 3.49. The van der Waals surface area contributed by atoms with Crippen molar-refractivity contribution in [3.05, 3.63) is 24.1 Å². The lowest BCUT2D eigenvalue weighted by Gasteiger charge is -2.05. The van der Waals surface area contributed by atoms with Gasteiger partial charge in [0.2, 0.25) is 5.89 Å². The van der Waals surface area contributed by atoms with Gasteiger partial charge in [-0.15, -0.1) is 0 Å². The van der Waals surface area contributed by atoms with Gasteiger partial charge in [-0.05, 0) is 13.8 Å². The highest BCUT2D eigenvalue weighted by molar-refractivity contribution is 5.41. The molecule has 17 heavy (non-hydrogen) atoms. The molecule has 0 fully saturated rings. The van der Waals surface area contributed by atoms with Crippen LogP contribution in [0.2, 0.25) is 0 Å². The molecule has 0 aliphatic rings. The van der Waals surface area contributed by atoms with E-state index in [0.717, 1.165) is 12.4 Å². The van der Waals surface area contributed by atoms with Crippen LogP contribution in [0.3, 0.4) is 0 Å². The van der Waals surface area contributed by atoms with Crippen molar-refractivity contribution in [1.82, 2.24) is 20.1 Å². The number of rotatable bonds is 5. The van der Waals surface area contributed by atoms with Crippen LogP contribution >= 0.6 is 0 Å². The zero-order chi connectivity index (χ0) is 12.1. The lowest BCUT2D eigenvalue weighted by atomic mass is 10.5. The summed E-state index contributed by atoms with van der Waals surface area (Å²) in [6.45, 7) is 5.02. The molecule has 2 aromatic heterocycles. The second-order valence-corrected chi connectivity index (χ2v) is 3.41. The van der Waals surface area contributed by atoms with Crippen LogP contribution < -0.4 is 10.6 Å². The van der Waals surface area contributed by atoms with E-state index in [1.165, 1.54) is 0 Å². The fraction of sp³-hybridized carbons (Fsp3) is 0.400. The molecule has 0 spiro atoms. The van der Waals surface area contributed by atoms with Gasteiger partial charge in [0.15, 0.2) is 5.82 Å². The molecule has 0 unspecified atom stereocenters. The summed E-state index contributed by atoms with van der Waals surface area (Å²) in [5.74, 6) is 2.55. The lowest BCUT2D eigenvalue weighted by molar-refractivity contribution is 0.379. The number of hydrogen-bond acceptors (Lipinski definition) is 7. The summed E-state index contributed by atoms with van der Waals surface area (Å²) < 4.78 is 4.98. The van der Waals surface area contributed by atoms with E-state index < -0.39 is 0 Å². The smallest absolute Gasteiger partial charge is 0.245 e. The molecule has 7 nitrogen and oxygen atoms in total. The van der Waals surface area contributed by atoms with Crippen molar-refractivity contribution in [2.24, 2.45) is 0 Å². The van der Waals surface area contributed by atoms with Gasteiger partial charge < -0.3 is 15.2 Å². The molecule has 0 aromatic carbocycles. The van der Waals surface area contributed by atoms with Crippen LogP contribution in [0, 0.1) is 6.92 Å². The van der Waals surface area contributed by atoms with E-state index in [1.54, 1.807) is 19.3 Å².